The van der Waals surface area contributed by atoms with E-state index in [1.54, 1.807) is 12.1 Å². The summed E-state index contributed by atoms with van der Waals surface area (Å²) in [7, 11) is -3.89. The first-order chi connectivity index (χ1) is 9.78. The molecule has 2 rings (SSSR count). The molecule has 0 fully saturated rings. The zero-order valence-corrected chi connectivity index (χ0v) is 12.9. The minimum absolute atomic E-state index is 0.0651. The van der Waals surface area contributed by atoms with Crippen LogP contribution in [0.4, 0.5) is 0 Å². The Morgan fingerprint density at radius 3 is 2.81 bits per heavy atom. The molecular weight excluding hydrogens is 294 g/mol. The standard InChI is InChI=1S/C14H19NO5S/c1-3-7-14(2,13(16)17)15-21(18,19)11-4-5-12-10(9-11)6-8-20-12/h4-5,9,15H,3,6-8H2,1-2H3,(H,16,17). The third-order valence-electron chi connectivity index (χ3n) is 3.55. The quantitative estimate of drug-likeness (QED) is 0.831. The van der Waals surface area contributed by atoms with E-state index in [1.807, 2.05) is 6.92 Å². The van der Waals surface area contributed by atoms with Gasteiger partial charge in [0.1, 0.15) is 11.3 Å². The van der Waals surface area contributed by atoms with Crippen molar-refractivity contribution < 1.29 is 23.1 Å². The molecule has 7 heteroatoms. The molecule has 2 N–H and O–H groups in total. The summed E-state index contributed by atoms with van der Waals surface area (Å²) < 4.78 is 32.5. The molecule has 0 spiro atoms. The highest BCUT2D eigenvalue weighted by Gasteiger charge is 2.37. The van der Waals surface area contributed by atoms with Gasteiger partial charge in [-0.25, -0.2) is 8.42 Å². The van der Waals surface area contributed by atoms with E-state index in [2.05, 4.69) is 4.72 Å². The first-order valence-electron chi connectivity index (χ1n) is 6.81. The molecule has 1 aromatic rings. The Hall–Kier alpha value is -1.60. The predicted molar refractivity (Wildman–Crippen MR) is 76.9 cm³/mol. The van der Waals surface area contributed by atoms with E-state index in [-0.39, 0.29) is 11.3 Å². The maximum Gasteiger partial charge on any atom is 0.324 e. The molecule has 0 saturated heterocycles. The Bertz CT molecular complexity index is 655. The molecule has 21 heavy (non-hydrogen) atoms. The summed E-state index contributed by atoms with van der Waals surface area (Å²) in [6, 6.07) is 4.58. The topological polar surface area (TPSA) is 92.7 Å². The molecule has 1 aliphatic heterocycles. The Morgan fingerprint density at radius 1 is 1.48 bits per heavy atom. The summed E-state index contributed by atoms with van der Waals surface area (Å²) in [5.41, 5.74) is -0.686. The van der Waals surface area contributed by atoms with Crippen LogP contribution in [-0.2, 0) is 21.2 Å². The number of carbonyl (C=O) groups is 1. The molecule has 1 aliphatic rings. The van der Waals surface area contributed by atoms with Crippen LogP contribution in [-0.4, -0.2) is 31.6 Å². The molecule has 1 heterocycles. The second-order valence-electron chi connectivity index (χ2n) is 5.36. The Balaban J connectivity index is 2.31. The number of benzene rings is 1. The van der Waals surface area contributed by atoms with Gasteiger partial charge in [-0.2, -0.15) is 4.72 Å². The van der Waals surface area contributed by atoms with Gasteiger partial charge in [0.05, 0.1) is 11.5 Å². The zero-order chi connectivity index (χ0) is 15.7. The third-order valence-corrected chi connectivity index (χ3v) is 5.15. The molecule has 0 aliphatic carbocycles. The fourth-order valence-corrected chi connectivity index (χ4v) is 3.83. The van der Waals surface area contributed by atoms with Crippen molar-refractivity contribution in [2.45, 2.75) is 43.5 Å². The maximum absolute atomic E-state index is 12.4. The normalized spacial score (nSPS) is 16.9. The van der Waals surface area contributed by atoms with Crippen LogP contribution in [0.1, 0.15) is 32.3 Å². The third kappa shape index (κ3) is 3.19. The van der Waals surface area contributed by atoms with Gasteiger partial charge in [-0.3, -0.25) is 4.79 Å². The maximum atomic E-state index is 12.4. The second-order valence-corrected chi connectivity index (χ2v) is 7.04. The number of carboxylic acids is 1. The van der Waals surface area contributed by atoms with E-state index >= 15 is 0 Å². The van der Waals surface area contributed by atoms with Gasteiger partial charge < -0.3 is 9.84 Å². The lowest BCUT2D eigenvalue weighted by Crippen LogP contribution is -2.51. The molecule has 0 amide bonds. The van der Waals surface area contributed by atoms with Gasteiger partial charge >= 0.3 is 5.97 Å². The van der Waals surface area contributed by atoms with Crippen molar-refractivity contribution in [3.05, 3.63) is 23.8 Å². The minimum atomic E-state index is -3.89. The van der Waals surface area contributed by atoms with Gasteiger partial charge in [0.25, 0.3) is 0 Å². The molecule has 0 bridgehead atoms. The number of aliphatic carboxylic acids is 1. The molecule has 0 radical (unpaired) electrons. The summed E-state index contributed by atoms with van der Waals surface area (Å²) in [6.45, 7) is 3.73. The number of sulfonamides is 1. The largest absolute Gasteiger partial charge is 0.493 e. The number of nitrogens with one attached hydrogen (secondary N) is 1. The number of hydrogen-bond acceptors (Lipinski definition) is 4. The van der Waals surface area contributed by atoms with Crippen molar-refractivity contribution in [1.29, 1.82) is 0 Å². The fourth-order valence-electron chi connectivity index (χ4n) is 2.39. The molecule has 6 nitrogen and oxygen atoms in total. The van der Waals surface area contributed by atoms with Gasteiger partial charge in [-0.05, 0) is 37.1 Å². The van der Waals surface area contributed by atoms with Gasteiger partial charge in [-0.1, -0.05) is 13.3 Å². The SMILES string of the molecule is CCCC(C)(NS(=O)(=O)c1ccc2c(c1)CCO2)C(=O)O. The smallest absolute Gasteiger partial charge is 0.324 e. The van der Waals surface area contributed by atoms with Crippen molar-refractivity contribution in [2.75, 3.05) is 6.61 Å². The van der Waals surface area contributed by atoms with Gasteiger partial charge in [0.15, 0.2) is 0 Å². The fraction of sp³-hybridized carbons (Fsp3) is 0.500. The van der Waals surface area contributed by atoms with Crippen LogP contribution in [0.25, 0.3) is 0 Å². The van der Waals surface area contributed by atoms with E-state index in [0.29, 0.717) is 25.2 Å². The van der Waals surface area contributed by atoms with Crippen LogP contribution in [0.3, 0.4) is 0 Å². The van der Waals surface area contributed by atoms with Crippen LogP contribution < -0.4 is 9.46 Å². The summed E-state index contributed by atoms with van der Waals surface area (Å²) in [5, 5.41) is 9.28. The van der Waals surface area contributed by atoms with E-state index in [0.717, 1.165) is 5.56 Å². The lowest BCUT2D eigenvalue weighted by molar-refractivity contribution is -0.143. The van der Waals surface area contributed by atoms with E-state index in [9.17, 15) is 18.3 Å². The van der Waals surface area contributed by atoms with E-state index < -0.39 is 21.5 Å². The molecular formula is C14H19NO5S. The van der Waals surface area contributed by atoms with Gasteiger partial charge in [0.2, 0.25) is 10.0 Å². The summed E-state index contributed by atoms with van der Waals surface area (Å²) in [4.78, 5) is 11.4. The average molecular weight is 313 g/mol. The van der Waals surface area contributed by atoms with Crippen LogP contribution in [0, 0.1) is 0 Å². The van der Waals surface area contributed by atoms with E-state index in [4.69, 9.17) is 4.74 Å². The Morgan fingerprint density at radius 2 is 2.19 bits per heavy atom. The van der Waals surface area contributed by atoms with Crippen LogP contribution >= 0.6 is 0 Å². The molecule has 0 saturated carbocycles. The van der Waals surface area contributed by atoms with Gasteiger partial charge in [-0.15, -0.1) is 0 Å². The molecule has 0 aromatic heterocycles. The van der Waals surface area contributed by atoms with Crippen molar-refractivity contribution >= 4 is 16.0 Å². The molecule has 1 aromatic carbocycles. The monoisotopic (exact) mass is 313 g/mol. The Kier molecular flexibility index (Phi) is 4.25. The van der Waals surface area contributed by atoms with Crippen molar-refractivity contribution in [2.24, 2.45) is 0 Å². The van der Waals surface area contributed by atoms with Crippen molar-refractivity contribution in [1.82, 2.24) is 4.72 Å². The van der Waals surface area contributed by atoms with Crippen molar-refractivity contribution in [3.8, 4) is 5.75 Å². The Labute approximate surface area is 124 Å². The predicted octanol–water partition coefficient (Wildman–Crippen LogP) is 1.54. The summed E-state index contributed by atoms with van der Waals surface area (Å²) in [5.74, 6) is -0.499. The lowest BCUT2D eigenvalue weighted by atomic mass is 9.98. The average Bonchev–Trinajstić information content (AvgIpc) is 2.85. The van der Waals surface area contributed by atoms with E-state index in [1.165, 1.54) is 13.0 Å². The highest BCUT2D eigenvalue weighted by Crippen LogP contribution is 2.28. The number of carboxylic acid groups (broad SMARTS) is 1. The molecule has 116 valence electrons. The second kappa shape index (κ2) is 5.65. The van der Waals surface area contributed by atoms with Crippen LogP contribution in [0.5, 0.6) is 5.75 Å². The number of hydrogen-bond donors (Lipinski definition) is 2. The molecule has 1 atom stereocenters. The summed E-state index contributed by atoms with van der Waals surface area (Å²) in [6.07, 6.45) is 1.43. The number of rotatable bonds is 6. The van der Waals surface area contributed by atoms with Crippen LogP contribution in [0.15, 0.2) is 23.1 Å². The highest BCUT2D eigenvalue weighted by molar-refractivity contribution is 7.89. The summed E-state index contributed by atoms with van der Waals surface area (Å²) >= 11 is 0. The molecule has 1 unspecified atom stereocenters. The minimum Gasteiger partial charge on any atom is -0.493 e. The number of fused-ring (bicyclic) bond motifs is 1. The highest BCUT2D eigenvalue weighted by atomic mass is 32.2. The van der Waals surface area contributed by atoms with Crippen LogP contribution in [0.2, 0.25) is 0 Å². The lowest BCUT2D eigenvalue weighted by Gasteiger charge is -2.25. The van der Waals surface area contributed by atoms with Gasteiger partial charge in [0, 0.05) is 6.42 Å². The first kappa shape index (κ1) is 15.8. The van der Waals surface area contributed by atoms with Crippen molar-refractivity contribution in [3.63, 3.8) is 0 Å². The zero-order valence-electron chi connectivity index (χ0n) is 12.0. The first-order valence-corrected chi connectivity index (χ1v) is 8.30. The number of ether oxygens (including phenoxy) is 1.